The van der Waals surface area contributed by atoms with Crippen molar-refractivity contribution in [2.75, 3.05) is 27.0 Å². The maximum atomic E-state index is 14.2. The molecular formula is C38H49NO7S2. The normalized spacial score (nSPS) is 25.0. The van der Waals surface area contributed by atoms with Crippen LogP contribution in [0, 0.1) is 12.3 Å². The number of aryl methyl sites for hydroxylation is 1. The van der Waals surface area contributed by atoms with Crippen LogP contribution in [0.1, 0.15) is 95.1 Å². The fraction of sp³-hybridized carbons (Fsp3) is 0.500. The summed E-state index contributed by atoms with van der Waals surface area (Å²) in [6.07, 6.45) is 6.85. The number of aliphatic hydroxyl groups excluding tert-OH is 1. The molecule has 0 amide bonds. The van der Waals surface area contributed by atoms with E-state index < -0.39 is 27.1 Å². The molecule has 48 heavy (non-hydrogen) atoms. The van der Waals surface area contributed by atoms with Crippen molar-refractivity contribution in [1.82, 2.24) is 4.31 Å². The smallest absolute Gasteiger partial charge is 0.211 e. The Labute approximate surface area is 289 Å². The van der Waals surface area contributed by atoms with Crippen LogP contribution in [0.2, 0.25) is 0 Å². The molecule has 2 N–H and O–H groups in total. The lowest BCUT2D eigenvalue weighted by Gasteiger charge is -2.45. The lowest BCUT2D eigenvalue weighted by molar-refractivity contribution is -0.0731. The van der Waals surface area contributed by atoms with E-state index in [0.717, 1.165) is 22.4 Å². The summed E-state index contributed by atoms with van der Waals surface area (Å²) >= 11 is 1.46. The Morgan fingerprint density at radius 3 is 2.48 bits per heavy atom. The molecule has 0 saturated heterocycles. The van der Waals surface area contributed by atoms with Crippen molar-refractivity contribution < 1.29 is 32.9 Å². The Balaban J connectivity index is 1.60. The molecule has 0 radical (unpaired) electrons. The number of methoxy groups -OCH3 is 2. The van der Waals surface area contributed by atoms with Crippen molar-refractivity contribution in [2.45, 2.75) is 89.9 Å². The molecule has 1 fully saturated rings. The molecule has 0 unspecified atom stereocenters. The van der Waals surface area contributed by atoms with Crippen LogP contribution in [0.25, 0.3) is 0 Å². The maximum Gasteiger partial charge on any atom is 0.211 e. The van der Waals surface area contributed by atoms with Crippen LogP contribution in [-0.2, 0) is 23.0 Å². The van der Waals surface area contributed by atoms with Gasteiger partial charge in [-0.25, -0.2) is 8.42 Å². The number of thiophene rings is 1. The minimum atomic E-state index is -3.76. The summed E-state index contributed by atoms with van der Waals surface area (Å²) in [5, 5.41) is 23.7. The number of aliphatic hydroxyl groups is 2. The maximum absolute atomic E-state index is 14.2. The molecule has 0 aliphatic heterocycles. The summed E-state index contributed by atoms with van der Waals surface area (Å²) in [4.78, 5) is 15.9. The number of benzene rings is 2. The molecule has 260 valence electrons. The summed E-state index contributed by atoms with van der Waals surface area (Å²) in [5.41, 5.74) is 2.02. The average molecular weight is 696 g/mol. The van der Waals surface area contributed by atoms with E-state index in [1.165, 1.54) is 34.6 Å². The number of allylic oxidation sites excluding steroid dienone is 2. The lowest BCUT2D eigenvalue weighted by atomic mass is 9.65. The highest BCUT2D eigenvalue weighted by Gasteiger charge is 2.58. The third-order valence-electron chi connectivity index (χ3n) is 10.6. The Hall–Kier alpha value is -3.02. The van der Waals surface area contributed by atoms with E-state index in [2.05, 4.69) is 19.9 Å². The van der Waals surface area contributed by atoms with Gasteiger partial charge in [0, 0.05) is 40.6 Å². The second-order valence-corrected chi connectivity index (χ2v) is 17.2. The number of carbonyl (C=O) groups is 1. The van der Waals surface area contributed by atoms with Crippen molar-refractivity contribution in [3.05, 3.63) is 92.2 Å². The Bertz CT molecular complexity index is 1780. The first-order valence-corrected chi connectivity index (χ1v) is 19.3. The van der Waals surface area contributed by atoms with Gasteiger partial charge >= 0.3 is 0 Å². The summed E-state index contributed by atoms with van der Waals surface area (Å²) in [5.74, 6) is 0.818. The Morgan fingerprint density at radius 1 is 1.04 bits per heavy atom. The lowest BCUT2D eigenvalue weighted by Crippen LogP contribution is -2.53. The number of ether oxygens (including phenoxy) is 2. The zero-order valence-corrected chi connectivity index (χ0v) is 30.5. The van der Waals surface area contributed by atoms with E-state index in [1.807, 2.05) is 37.3 Å². The first-order valence-electron chi connectivity index (χ1n) is 16.6. The van der Waals surface area contributed by atoms with Crippen molar-refractivity contribution >= 4 is 27.1 Å². The fourth-order valence-electron chi connectivity index (χ4n) is 7.64. The van der Waals surface area contributed by atoms with Crippen LogP contribution in [-0.4, -0.2) is 67.4 Å². The van der Waals surface area contributed by atoms with Crippen molar-refractivity contribution in [3.8, 4) is 11.5 Å². The fourth-order valence-corrected chi connectivity index (χ4v) is 9.28. The second-order valence-electron chi connectivity index (χ2n) is 13.9. The standard InChI is InChI=1S/C38H49NO7S2/c1-25-8-7-18-37(3)33(31-15-11-27(20-29(40)13-9-25)21-32(31)36(41)35-16-10-26(2)47-35)17-19-38(37,42)24-39(48(6,43)44)23-28-12-14-30(45-4)22-34(28)46-5/h8,10-12,14-16,21-22,29,33,40,42H,7,9,13,17-20,23-24H2,1-6H3/t29-,33-,37-,38+/m0/s1. The van der Waals surface area contributed by atoms with Gasteiger partial charge in [-0.1, -0.05) is 36.8 Å². The summed E-state index contributed by atoms with van der Waals surface area (Å²) < 4.78 is 39.0. The zero-order chi connectivity index (χ0) is 34.9. The van der Waals surface area contributed by atoms with Gasteiger partial charge in [-0.2, -0.15) is 4.31 Å². The molecule has 3 aliphatic rings. The predicted octanol–water partition coefficient (Wildman–Crippen LogP) is 6.81. The first kappa shape index (κ1) is 36.3. The molecule has 6 rings (SSSR count). The highest BCUT2D eigenvalue weighted by atomic mass is 32.2. The van der Waals surface area contributed by atoms with Gasteiger partial charge in [0.05, 0.1) is 37.1 Å². The van der Waals surface area contributed by atoms with Gasteiger partial charge in [-0.05, 0) is 100 Å². The van der Waals surface area contributed by atoms with E-state index in [4.69, 9.17) is 9.47 Å². The van der Waals surface area contributed by atoms with E-state index in [-0.39, 0.29) is 24.8 Å². The molecule has 2 aromatic carbocycles. The van der Waals surface area contributed by atoms with Crippen LogP contribution in [0.15, 0.2) is 60.2 Å². The van der Waals surface area contributed by atoms with Gasteiger partial charge in [0.2, 0.25) is 15.8 Å². The van der Waals surface area contributed by atoms with Crippen molar-refractivity contribution in [2.24, 2.45) is 5.41 Å². The van der Waals surface area contributed by atoms with E-state index in [9.17, 15) is 23.4 Å². The van der Waals surface area contributed by atoms with Crippen molar-refractivity contribution in [3.63, 3.8) is 0 Å². The summed E-state index contributed by atoms with van der Waals surface area (Å²) in [6.45, 7) is 6.03. The largest absolute Gasteiger partial charge is 0.497 e. The minimum Gasteiger partial charge on any atom is -0.497 e. The number of fused-ring (bicyclic) bond motifs is 8. The molecule has 3 aliphatic carbocycles. The molecule has 1 aromatic heterocycles. The monoisotopic (exact) mass is 695 g/mol. The topological polar surface area (TPSA) is 113 Å². The highest BCUT2D eigenvalue weighted by molar-refractivity contribution is 7.88. The highest BCUT2D eigenvalue weighted by Crippen LogP contribution is 2.59. The number of hydrogen-bond acceptors (Lipinski definition) is 8. The van der Waals surface area contributed by atoms with Gasteiger partial charge in [0.25, 0.3) is 0 Å². The summed E-state index contributed by atoms with van der Waals surface area (Å²) in [7, 11) is -0.670. The van der Waals surface area contributed by atoms with E-state index in [1.54, 1.807) is 25.3 Å². The number of carbonyl (C=O) groups excluding carboxylic acids is 1. The third kappa shape index (κ3) is 7.58. The number of rotatable bonds is 9. The molecule has 0 spiro atoms. The van der Waals surface area contributed by atoms with Gasteiger partial charge in [0.1, 0.15) is 11.5 Å². The Kier molecular flexibility index (Phi) is 10.9. The number of sulfonamides is 1. The average Bonchev–Trinajstić information content (AvgIpc) is 3.59. The number of hydrogen-bond donors (Lipinski definition) is 2. The second kappa shape index (κ2) is 14.5. The first-order chi connectivity index (χ1) is 22.7. The molecule has 3 aromatic rings. The van der Waals surface area contributed by atoms with E-state index >= 15 is 0 Å². The van der Waals surface area contributed by atoms with Crippen molar-refractivity contribution in [1.29, 1.82) is 0 Å². The number of ketones is 1. The van der Waals surface area contributed by atoms with Crippen LogP contribution in [0.5, 0.6) is 11.5 Å². The van der Waals surface area contributed by atoms with Crippen LogP contribution in [0.4, 0.5) is 0 Å². The molecule has 10 heteroatoms. The van der Waals surface area contributed by atoms with Gasteiger partial charge < -0.3 is 19.7 Å². The molecular weight excluding hydrogens is 647 g/mol. The van der Waals surface area contributed by atoms with Crippen LogP contribution >= 0.6 is 11.3 Å². The minimum absolute atomic E-state index is 0.0204. The zero-order valence-electron chi connectivity index (χ0n) is 28.9. The van der Waals surface area contributed by atoms with Gasteiger partial charge in [-0.3, -0.25) is 4.79 Å². The van der Waals surface area contributed by atoms with Crippen LogP contribution in [0.3, 0.4) is 0 Å². The molecule has 1 heterocycles. The molecule has 2 bridgehead atoms. The SMILES string of the molecule is COc1ccc(CN(C[C@]2(O)CC[C@H]3c4ccc(cc4C(=O)c4ccc(C)s4)C[C@@H](O)CCC(C)=CCC[C@@]32C)S(C)(=O)=O)c(OC)c1. The summed E-state index contributed by atoms with van der Waals surface area (Å²) in [6, 6.07) is 15.0. The van der Waals surface area contributed by atoms with Gasteiger partial charge in [0.15, 0.2) is 0 Å². The predicted molar refractivity (Wildman–Crippen MR) is 191 cm³/mol. The van der Waals surface area contributed by atoms with Crippen LogP contribution < -0.4 is 9.47 Å². The van der Waals surface area contributed by atoms with Gasteiger partial charge in [-0.15, -0.1) is 11.3 Å². The Morgan fingerprint density at radius 2 is 1.81 bits per heavy atom. The van der Waals surface area contributed by atoms with E-state index in [0.29, 0.717) is 66.0 Å². The third-order valence-corrected chi connectivity index (χ3v) is 12.8. The molecule has 4 atom stereocenters. The molecule has 8 nitrogen and oxygen atoms in total. The quantitative estimate of drug-likeness (QED) is 0.187. The molecule has 1 saturated carbocycles. The number of nitrogens with zero attached hydrogens (tertiary/aromatic N) is 1.